The van der Waals surface area contributed by atoms with Crippen LogP contribution in [0.1, 0.15) is 18.2 Å². The van der Waals surface area contributed by atoms with Gasteiger partial charge in [0.25, 0.3) is 0 Å². The summed E-state index contributed by atoms with van der Waals surface area (Å²) in [4.78, 5) is 15.6. The van der Waals surface area contributed by atoms with E-state index in [2.05, 4.69) is 66.5 Å². The minimum absolute atomic E-state index is 0.521. The van der Waals surface area contributed by atoms with Crippen molar-refractivity contribution in [2.45, 2.75) is 20.8 Å². The number of halogens is 2. The van der Waals surface area contributed by atoms with Crippen molar-refractivity contribution in [1.29, 1.82) is 0 Å². The lowest BCUT2D eigenvalue weighted by molar-refractivity contribution is 0.459. The fourth-order valence-electron chi connectivity index (χ4n) is 2.54. The first-order valence-corrected chi connectivity index (χ1v) is 10.4. The third-order valence-electron chi connectivity index (χ3n) is 4.13. The molecule has 2 heterocycles. The Labute approximate surface area is 181 Å². The summed E-state index contributed by atoms with van der Waals surface area (Å²) in [7, 11) is 1.98. The molecule has 0 aliphatic rings. The summed E-state index contributed by atoms with van der Waals surface area (Å²) in [6.45, 7) is 6.93. The third-order valence-corrected chi connectivity index (χ3v) is 5.29. The SMILES string of the molecule is CCN(C)/C=N/c1cc(Br)c(Oc2cc(C)c3ncc(I)cc3c2)nc1C. The second-order valence-corrected chi connectivity index (χ2v) is 8.37. The van der Waals surface area contributed by atoms with E-state index < -0.39 is 0 Å². The minimum atomic E-state index is 0.521. The van der Waals surface area contributed by atoms with Gasteiger partial charge in [-0.3, -0.25) is 4.98 Å². The first-order chi connectivity index (χ1) is 12.9. The molecule has 7 heteroatoms. The predicted octanol–water partition coefficient (Wildman–Crippen LogP) is 6.02. The molecule has 0 N–H and O–H groups in total. The molecule has 2 aromatic heterocycles. The van der Waals surface area contributed by atoms with Gasteiger partial charge in [0.15, 0.2) is 0 Å². The molecule has 0 bridgehead atoms. The van der Waals surface area contributed by atoms with Gasteiger partial charge in [-0.25, -0.2) is 9.98 Å². The summed E-state index contributed by atoms with van der Waals surface area (Å²) in [5.74, 6) is 1.26. The number of hydrogen-bond acceptors (Lipinski definition) is 4. The molecular weight excluding hydrogens is 519 g/mol. The van der Waals surface area contributed by atoms with Crippen molar-refractivity contribution in [3.63, 3.8) is 0 Å². The van der Waals surface area contributed by atoms with Gasteiger partial charge < -0.3 is 9.64 Å². The van der Waals surface area contributed by atoms with E-state index in [0.29, 0.717) is 5.88 Å². The van der Waals surface area contributed by atoms with Gasteiger partial charge in [0.1, 0.15) is 5.75 Å². The number of aryl methyl sites for hydroxylation is 2. The Balaban J connectivity index is 1.93. The number of benzene rings is 1. The number of hydrogen-bond donors (Lipinski definition) is 0. The van der Waals surface area contributed by atoms with Crippen LogP contribution in [0.4, 0.5) is 5.69 Å². The maximum absolute atomic E-state index is 6.07. The lowest BCUT2D eigenvalue weighted by atomic mass is 10.1. The molecule has 140 valence electrons. The topological polar surface area (TPSA) is 50.6 Å². The van der Waals surface area contributed by atoms with Crippen LogP contribution >= 0.6 is 38.5 Å². The smallest absolute Gasteiger partial charge is 0.233 e. The highest BCUT2D eigenvalue weighted by Crippen LogP contribution is 2.34. The molecule has 0 atom stereocenters. The first-order valence-electron chi connectivity index (χ1n) is 8.52. The van der Waals surface area contributed by atoms with Gasteiger partial charge in [-0.2, -0.15) is 0 Å². The van der Waals surface area contributed by atoms with Gasteiger partial charge >= 0.3 is 0 Å². The van der Waals surface area contributed by atoms with Crippen molar-refractivity contribution in [3.05, 3.63) is 49.8 Å². The van der Waals surface area contributed by atoms with E-state index in [-0.39, 0.29) is 0 Å². The summed E-state index contributed by atoms with van der Waals surface area (Å²) in [5, 5.41) is 1.05. The standard InChI is InChI=1S/C20H20BrIN4O/c1-5-26(4)11-24-18-9-17(21)20(25-13(18)3)27-16-6-12(2)19-14(8-16)7-15(22)10-23-19/h6-11H,5H2,1-4H3/b24-11+. The Hall–Kier alpha value is -1.74. The second-order valence-electron chi connectivity index (χ2n) is 6.27. The van der Waals surface area contributed by atoms with Crippen LogP contribution in [-0.2, 0) is 0 Å². The second kappa shape index (κ2) is 8.52. The van der Waals surface area contributed by atoms with Crippen molar-refractivity contribution in [3.8, 4) is 11.6 Å². The van der Waals surface area contributed by atoms with Crippen molar-refractivity contribution in [1.82, 2.24) is 14.9 Å². The van der Waals surface area contributed by atoms with E-state index in [1.165, 1.54) is 0 Å². The molecule has 0 aliphatic heterocycles. The number of pyridine rings is 2. The van der Waals surface area contributed by atoms with Gasteiger partial charge in [-0.15, -0.1) is 0 Å². The zero-order valence-electron chi connectivity index (χ0n) is 15.6. The highest BCUT2D eigenvalue weighted by Gasteiger charge is 2.11. The summed E-state index contributed by atoms with van der Waals surface area (Å²) < 4.78 is 7.92. The van der Waals surface area contributed by atoms with E-state index in [1.807, 2.05) is 50.2 Å². The monoisotopic (exact) mass is 538 g/mol. The number of aromatic nitrogens is 2. The van der Waals surface area contributed by atoms with Crippen LogP contribution < -0.4 is 4.74 Å². The van der Waals surface area contributed by atoms with Gasteiger partial charge in [0.2, 0.25) is 5.88 Å². The van der Waals surface area contributed by atoms with Crippen LogP contribution in [0, 0.1) is 17.4 Å². The van der Waals surface area contributed by atoms with Crippen LogP contribution in [-0.4, -0.2) is 34.8 Å². The minimum Gasteiger partial charge on any atom is -0.438 e. The van der Waals surface area contributed by atoms with Crippen LogP contribution in [0.25, 0.3) is 10.9 Å². The molecule has 0 radical (unpaired) electrons. The molecule has 0 amide bonds. The van der Waals surface area contributed by atoms with Crippen molar-refractivity contribution >= 4 is 61.4 Å². The number of ether oxygens (including phenoxy) is 1. The van der Waals surface area contributed by atoms with Gasteiger partial charge in [-0.05, 0) is 89.1 Å². The lowest BCUT2D eigenvalue weighted by Gasteiger charge is -2.12. The van der Waals surface area contributed by atoms with Crippen molar-refractivity contribution < 1.29 is 4.74 Å². The lowest BCUT2D eigenvalue weighted by Crippen LogP contribution is -2.14. The highest BCUT2D eigenvalue weighted by molar-refractivity contribution is 14.1. The molecule has 0 unspecified atom stereocenters. The molecule has 3 rings (SSSR count). The molecule has 0 aliphatic carbocycles. The van der Waals surface area contributed by atoms with Crippen LogP contribution in [0.2, 0.25) is 0 Å². The molecule has 3 aromatic rings. The Morgan fingerprint density at radius 2 is 2.04 bits per heavy atom. The van der Waals surface area contributed by atoms with Crippen molar-refractivity contribution in [2.24, 2.45) is 4.99 Å². The zero-order chi connectivity index (χ0) is 19.6. The number of fused-ring (bicyclic) bond motifs is 1. The molecule has 5 nitrogen and oxygen atoms in total. The predicted molar refractivity (Wildman–Crippen MR) is 122 cm³/mol. The Morgan fingerprint density at radius 1 is 1.26 bits per heavy atom. The molecule has 0 saturated heterocycles. The average molecular weight is 539 g/mol. The molecule has 0 fully saturated rings. The van der Waals surface area contributed by atoms with Crippen LogP contribution in [0.15, 0.2) is 39.9 Å². The van der Waals surface area contributed by atoms with E-state index >= 15 is 0 Å². The number of rotatable bonds is 5. The first kappa shape index (κ1) is 20.0. The number of aliphatic imine (C=N–C) groups is 1. The van der Waals surface area contributed by atoms with Crippen molar-refractivity contribution in [2.75, 3.05) is 13.6 Å². The molecule has 27 heavy (non-hydrogen) atoms. The fourth-order valence-corrected chi connectivity index (χ4v) is 3.40. The van der Waals surface area contributed by atoms with Gasteiger partial charge in [-0.1, -0.05) is 0 Å². The Morgan fingerprint density at radius 3 is 2.78 bits per heavy atom. The Bertz CT molecular complexity index is 1020. The largest absolute Gasteiger partial charge is 0.438 e. The summed E-state index contributed by atoms with van der Waals surface area (Å²) in [6, 6.07) is 7.99. The molecule has 0 spiro atoms. The van der Waals surface area contributed by atoms with E-state index in [1.54, 1.807) is 6.34 Å². The highest BCUT2D eigenvalue weighted by atomic mass is 127. The zero-order valence-corrected chi connectivity index (χ0v) is 19.4. The fraction of sp³-hybridized carbons (Fsp3) is 0.250. The maximum Gasteiger partial charge on any atom is 0.233 e. The Kier molecular flexibility index (Phi) is 6.31. The number of nitrogens with zero attached hydrogens (tertiary/aromatic N) is 4. The summed E-state index contributed by atoms with van der Waals surface area (Å²) in [5.41, 5.74) is 3.66. The summed E-state index contributed by atoms with van der Waals surface area (Å²) in [6.07, 6.45) is 3.67. The van der Waals surface area contributed by atoms with E-state index in [9.17, 15) is 0 Å². The normalized spacial score (nSPS) is 11.3. The third kappa shape index (κ3) is 4.76. The average Bonchev–Trinajstić information content (AvgIpc) is 2.62. The molecule has 0 saturated carbocycles. The van der Waals surface area contributed by atoms with Crippen LogP contribution in [0.5, 0.6) is 11.6 Å². The van der Waals surface area contributed by atoms with Gasteiger partial charge in [0, 0.05) is 28.7 Å². The quantitative estimate of drug-likeness (QED) is 0.226. The van der Waals surface area contributed by atoms with E-state index in [4.69, 9.17) is 4.74 Å². The molecular formula is C20H20BrIN4O. The van der Waals surface area contributed by atoms with E-state index in [0.717, 1.165) is 48.2 Å². The summed E-state index contributed by atoms with van der Waals surface area (Å²) >= 11 is 5.82. The van der Waals surface area contributed by atoms with Gasteiger partial charge in [0.05, 0.1) is 27.7 Å². The van der Waals surface area contributed by atoms with Crippen LogP contribution in [0.3, 0.4) is 0 Å². The maximum atomic E-state index is 6.07. The molecule has 1 aromatic carbocycles.